The first-order chi connectivity index (χ1) is 8.55. The molecule has 1 heterocycles. The van der Waals surface area contributed by atoms with Crippen LogP contribution in [0, 0.1) is 0 Å². The highest BCUT2D eigenvalue weighted by Gasteiger charge is 2.27. The fourth-order valence-electron chi connectivity index (χ4n) is 1.96. The van der Waals surface area contributed by atoms with Crippen LogP contribution >= 0.6 is 23.2 Å². The first-order valence-corrected chi connectivity index (χ1v) is 6.49. The van der Waals surface area contributed by atoms with Gasteiger partial charge in [0.2, 0.25) is 0 Å². The maximum absolute atomic E-state index is 6.06. The smallest absolute Gasteiger partial charge is 0.104 e. The molecule has 2 N–H and O–H groups in total. The predicted molar refractivity (Wildman–Crippen MR) is 75.3 cm³/mol. The number of rotatable bonds is 4. The minimum atomic E-state index is -0.216. The Balaban J connectivity index is 2.33. The fourth-order valence-corrected chi connectivity index (χ4v) is 2.26. The van der Waals surface area contributed by atoms with E-state index in [0.717, 1.165) is 17.7 Å². The molecule has 0 aliphatic carbocycles. The summed E-state index contributed by atoms with van der Waals surface area (Å²) in [4.78, 5) is 0. The van der Waals surface area contributed by atoms with Crippen LogP contribution in [-0.4, -0.2) is 6.54 Å². The van der Waals surface area contributed by atoms with E-state index >= 15 is 0 Å². The van der Waals surface area contributed by atoms with Gasteiger partial charge in [-0.2, -0.15) is 0 Å². The van der Waals surface area contributed by atoms with E-state index in [2.05, 4.69) is 6.92 Å². The Labute approximate surface area is 117 Å². The van der Waals surface area contributed by atoms with Gasteiger partial charge < -0.3 is 10.2 Å². The molecule has 2 aromatic rings. The van der Waals surface area contributed by atoms with Crippen LogP contribution in [0.25, 0.3) is 0 Å². The van der Waals surface area contributed by atoms with E-state index in [9.17, 15) is 0 Å². The number of hydrogen-bond donors (Lipinski definition) is 1. The van der Waals surface area contributed by atoms with E-state index in [1.54, 1.807) is 12.3 Å². The predicted octanol–water partition coefficient (Wildman–Crippen LogP) is 4.05. The van der Waals surface area contributed by atoms with Crippen molar-refractivity contribution in [2.24, 2.45) is 5.73 Å². The maximum atomic E-state index is 6.06. The zero-order chi connectivity index (χ0) is 13.2. The van der Waals surface area contributed by atoms with Crippen molar-refractivity contribution >= 4 is 23.2 Å². The molecule has 1 atom stereocenters. The Kier molecular flexibility index (Phi) is 4.00. The lowest BCUT2D eigenvalue weighted by molar-refractivity contribution is 0.412. The number of furan rings is 1. The van der Waals surface area contributed by atoms with Crippen LogP contribution in [0.3, 0.4) is 0 Å². The highest BCUT2D eigenvalue weighted by molar-refractivity contribution is 6.42. The summed E-state index contributed by atoms with van der Waals surface area (Å²) < 4.78 is 5.39. The van der Waals surface area contributed by atoms with Crippen molar-refractivity contribution in [3.8, 4) is 0 Å². The topological polar surface area (TPSA) is 39.2 Å². The molecular formula is C14H15Cl2NO. The summed E-state index contributed by atoms with van der Waals surface area (Å²) in [6.45, 7) is 2.60. The van der Waals surface area contributed by atoms with Crippen LogP contribution in [0.4, 0.5) is 0 Å². The Bertz CT molecular complexity index is 525. The highest BCUT2D eigenvalue weighted by Crippen LogP contribution is 2.32. The molecule has 1 unspecified atom stereocenters. The summed E-state index contributed by atoms with van der Waals surface area (Å²) in [7, 11) is 0. The fraction of sp³-hybridized carbons (Fsp3) is 0.286. The normalized spacial score (nSPS) is 14.4. The number of nitrogens with two attached hydrogens (primary N) is 1. The first kappa shape index (κ1) is 13.5. The monoisotopic (exact) mass is 283 g/mol. The van der Waals surface area contributed by atoms with Gasteiger partial charge in [0.1, 0.15) is 5.76 Å². The maximum Gasteiger partial charge on any atom is 0.104 e. The molecule has 0 radical (unpaired) electrons. The zero-order valence-electron chi connectivity index (χ0n) is 10.1. The van der Waals surface area contributed by atoms with Crippen molar-refractivity contribution in [3.63, 3.8) is 0 Å². The van der Waals surface area contributed by atoms with E-state index in [4.69, 9.17) is 33.4 Å². The summed E-state index contributed by atoms with van der Waals surface area (Å²) in [6.07, 6.45) is 2.40. The van der Waals surface area contributed by atoms with Gasteiger partial charge in [-0.3, -0.25) is 0 Å². The van der Waals surface area contributed by atoms with Crippen LogP contribution in [0.1, 0.15) is 18.2 Å². The van der Waals surface area contributed by atoms with E-state index in [1.807, 2.05) is 24.3 Å². The van der Waals surface area contributed by atoms with Crippen LogP contribution in [-0.2, 0) is 11.8 Å². The minimum Gasteiger partial charge on any atom is -0.469 e. The van der Waals surface area contributed by atoms with Gasteiger partial charge in [-0.25, -0.2) is 0 Å². The lowest BCUT2D eigenvalue weighted by Crippen LogP contribution is -2.34. The van der Waals surface area contributed by atoms with Crippen LogP contribution in [0.2, 0.25) is 10.0 Å². The molecule has 0 saturated heterocycles. The zero-order valence-corrected chi connectivity index (χ0v) is 11.6. The van der Waals surface area contributed by atoms with Gasteiger partial charge in [-0.1, -0.05) is 36.2 Å². The molecule has 0 aliphatic heterocycles. The van der Waals surface area contributed by atoms with E-state index < -0.39 is 0 Å². The van der Waals surface area contributed by atoms with Gasteiger partial charge >= 0.3 is 0 Å². The van der Waals surface area contributed by atoms with Crippen molar-refractivity contribution in [2.75, 3.05) is 6.54 Å². The average Bonchev–Trinajstić information content (AvgIpc) is 2.85. The number of benzene rings is 1. The van der Waals surface area contributed by atoms with Crippen molar-refractivity contribution in [3.05, 3.63) is 58.0 Å². The molecule has 18 heavy (non-hydrogen) atoms. The quantitative estimate of drug-likeness (QED) is 0.920. The molecular weight excluding hydrogens is 269 g/mol. The van der Waals surface area contributed by atoms with Crippen molar-refractivity contribution < 1.29 is 4.42 Å². The standard InChI is InChI=1S/C14H15Cl2NO/c1-14(9-17,8-11-3-2-6-18-11)10-4-5-12(15)13(16)7-10/h2-7H,8-9,17H2,1H3. The van der Waals surface area contributed by atoms with Crippen LogP contribution in [0.15, 0.2) is 41.0 Å². The Morgan fingerprint density at radius 1 is 1.22 bits per heavy atom. The third-order valence-electron chi connectivity index (χ3n) is 3.21. The molecule has 0 spiro atoms. The summed E-state index contributed by atoms with van der Waals surface area (Å²) in [5, 5.41) is 1.10. The molecule has 0 aliphatic rings. The molecule has 4 heteroatoms. The van der Waals surface area contributed by atoms with Gasteiger partial charge in [0.15, 0.2) is 0 Å². The van der Waals surface area contributed by atoms with Gasteiger partial charge in [-0.15, -0.1) is 0 Å². The van der Waals surface area contributed by atoms with Crippen LogP contribution in [0.5, 0.6) is 0 Å². The Hall–Kier alpha value is -0.960. The number of hydrogen-bond acceptors (Lipinski definition) is 2. The Morgan fingerprint density at radius 2 is 2.00 bits per heavy atom. The van der Waals surface area contributed by atoms with Crippen LogP contribution < -0.4 is 5.73 Å². The van der Waals surface area contributed by atoms with E-state index in [-0.39, 0.29) is 5.41 Å². The first-order valence-electron chi connectivity index (χ1n) is 5.73. The van der Waals surface area contributed by atoms with E-state index in [0.29, 0.717) is 16.6 Å². The SMILES string of the molecule is CC(CN)(Cc1ccco1)c1ccc(Cl)c(Cl)c1. The van der Waals surface area contributed by atoms with Gasteiger partial charge in [-0.05, 0) is 29.8 Å². The second kappa shape index (κ2) is 5.35. The van der Waals surface area contributed by atoms with Crippen molar-refractivity contribution in [1.82, 2.24) is 0 Å². The molecule has 0 saturated carbocycles. The molecule has 96 valence electrons. The number of halogens is 2. The van der Waals surface area contributed by atoms with Crippen molar-refractivity contribution in [2.45, 2.75) is 18.8 Å². The van der Waals surface area contributed by atoms with Gasteiger partial charge in [0, 0.05) is 18.4 Å². The average molecular weight is 284 g/mol. The van der Waals surface area contributed by atoms with Gasteiger partial charge in [0.25, 0.3) is 0 Å². The third-order valence-corrected chi connectivity index (χ3v) is 3.95. The lowest BCUT2D eigenvalue weighted by Gasteiger charge is -2.28. The van der Waals surface area contributed by atoms with E-state index in [1.165, 1.54) is 0 Å². The lowest BCUT2D eigenvalue weighted by atomic mass is 9.79. The Morgan fingerprint density at radius 3 is 2.56 bits per heavy atom. The third kappa shape index (κ3) is 2.72. The van der Waals surface area contributed by atoms with Crippen molar-refractivity contribution in [1.29, 1.82) is 0 Å². The second-order valence-corrected chi connectivity index (χ2v) is 5.46. The minimum absolute atomic E-state index is 0.216. The summed E-state index contributed by atoms with van der Waals surface area (Å²) in [6, 6.07) is 9.46. The summed E-state index contributed by atoms with van der Waals surface area (Å²) >= 11 is 12.0. The molecule has 0 amide bonds. The molecule has 2 rings (SSSR count). The molecule has 0 fully saturated rings. The summed E-state index contributed by atoms with van der Waals surface area (Å²) in [5.74, 6) is 0.911. The molecule has 1 aromatic carbocycles. The van der Waals surface area contributed by atoms with Gasteiger partial charge in [0.05, 0.1) is 16.3 Å². The molecule has 2 nitrogen and oxygen atoms in total. The largest absolute Gasteiger partial charge is 0.469 e. The summed E-state index contributed by atoms with van der Waals surface area (Å²) in [5.41, 5.74) is 6.78. The molecule has 0 bridgehead atoms. The molecule has 1 aromatic heterocycles. The second-order valence-electron chi connectivity index (χ2n) is 4.65. The highest BCUT2D eigenvalue weighted by atomic mass is 35.5.